The summed E-state index contributed by atoms with van der Waals surface area (Å²) < 4.78 is 0. The molecule has 0 radical (unpaired) electrons. The molecule has 1 saturated carbocycles. The Labute approximate surface area is 147 Å². The fourth-order valence-electron chi connectivity index (χ4n) is 3.65. The van der Waals surface area contributed by atoms with Crippen molar-refractivity contribution in [3.63, 3.8) is 0 Å². The van der Waals surface area contributed by atoms with Crippen molar-refractivity contribution < 1.29 is 4.79 Å². The molecule has 1 amide bonds. The summed E-state index contributed by atoms with van der Waals surface area (Å²) in [6, 6.07) is 1.32. The van der Waals surface area contributed by atoms with E-state index in [9.17, 15) is 4.79 Å². The maximum atomic E-state index is 12.0. The third-order valence-electron chi connectivity index (χ3n) is 5.20. The number of piperidine rings is 2. The number of nitrogens with zero attached hydrogens (tertiary/aromatic N) is 1. The van der Waals surface area contributed by atoms with E-state index in [0.717, 1.165) is 50.7 Å². The molecule has 2 heterocycles. The second kappa shape index (κ2) is 9.96. The van der Waals surface area contributed by atoms with Gasteiger partial charge in [-0.3, -0.25) is 4.79 Å². The van der Waals surface area contributed by atoms with Crippen molar-refractivity contribution in [2.24, 2.45) is 5.92 Å². The van der Waals surface area contributed by atoms with E-state index >= 15 is 0 Å². The molecule has 0 aromatic heterocycles. The van der Waals surface area contributed by atoms with Crippen LogP contribution in [0.3, 0.4) is 0 Å². The van der Waals surface area contributed by atoms with Gasteiger partial charge in [0, 0.05) is 31.6 Å². The van der Waals surface area contributed by atoms with Gasteiger partial charge in [0.2, 0.25) is 5.91 Å². The highest BCUT2D eigenvalue weighted by Gasteiger charge is 2.32. The molecule has 2 saturated heterocycles. The van der Waals surface area contributed by atoms with Gasteiger partial charge in [-0.25, -0.2) is 0 Å². The molecule has 0 atom stereocenters. The molecular weight excluding hydrogens is 321 g/mol. The van der Waals surface area contributed by atoms with Gasteiger partial charge in [-0.05, 0) is 64.0 Å². The molecule has 3 aliphatic rings. The molecule has 0 spiro atoms. The van der Waals surface area contributed by atoms with Crippen molar-refractivity contribution in [2.75, 3.05) is 26.2 Å². The Morgan fingerprint density at radius 1 is 1.00 bits per heavy atom. The molecule has 4 nitrogen and oxygen atoms in total. The third-order valence-corrected chi connectivity index (χ3v) is 5.20. The molecule has 130 valence electrons. The van der Waals surface area contributed by atoms with Gasteiger partial charge in [-0.15, -0.1) is 24.8 Å². The molecule has 0 unspecified atom stereocenters. The van der Waals surface area contributed by atoms with Crippen LogP contribution in [0, 0.1) is 5.92 Å². The van der Waals surface area contributed by atoms with Gasteiger partial charge in [0.05, 0.1) is 0 Å². The summed E-state index contributed by atoms with van der Waals surface area (Å²) in [5, 5.41) is 6.64. The van der Waals surface area contributed by atoms with Crippen molar-refractivity contribution in [2.45, 2.75) is 63.5 Å². The zero-order valence-corrected chi connectivity index (χ0v) is 15.0. The number of hydrogen-bond acceptors (Lipinski definition) is 3. The number of rotatable bonds is 5. The third kappa shape index (κ3) is 6.23. The van der Waals surface area contributed by atoms with Crippen molar-refractivity contribution in [1.82, 2.24) is 15.5 Å². The average molecular weight is 352 g/mol. The molecular formula is C16H31Cl2N3O. The molecule has 3 rings (SSSR count). The van der Waals surface area contributed by atoms with Crippen LogP contribution in [0.15, 0.2) is 0 Å². The zero-order chi connectivity index (χ0) is 13.8. The number of carbonyl (C=O) groups is 1. The second-order valence-electron chi connectivity index (χ2n) is 6.84. The Hall–Kier alpha value is -0.0300. The number of amides is 1. The normalized spacial score (nSPS) is 24.2. The van der Waals surface area contributed by atoms with E-state index in [-0.39, 0.29) is 30.7 Å². The smallest absolute Gasteiger partial charge is 0.220 e. The standard InChI is InChI=1S/C16H29N3O.2ClH/c20-16(4-1-13-5-9-17-10-6-13)18-14-7-11-19(12-8-14)15-2-3-15;;/h13-15,17H,1-12H2,(H,18,20);2*1H. The van der Waals surface area contributed by atoms with Crippen molar-refractivity contribution in [1.29, 1.82) is 0 Å². The van der Waals surface area contributed by atoms with Crippen LogP contribution in [0.2, 0.25) is 0 Å². The van der Waals surface area contributed by atoms with Crippen LogP contribution in [-0.2, 0) is 4.79 Å². The average Bonchev–Trinajstić information content (AvgIpc) is 3.32. The van der Waals surface area contributed by atoms with Gasteiger partial charge in [-0.1, -0.05) is 0 Å². The molecule has 1 aliphatic carbocycles. The Kier molecular flexibility index (Phi) is 9.07. The molecule has 22 heavy (non-hydrogen) atoms. The van der Waals surface area contributed by atoms with Crippen LogP contribution in [0.5, 0.6) is 0 Å². The van der Waals surface area contributed by atoms with Gasteiger partial charge in [0.1, 0.15) is 0 Å². The van der Waals surface area contributed by atoms with Crippen LogP contribution in [-0.4, -0.2) is 49.1 Å². The predicted molar refractivity (Wildman–Crippen MR) is 95.1 cm³/mol. The fraction of sp³-hybridized carbons (Fsp3) is 0.938. The monoisotopic (exact) mass is 351 g/mol. The van der Waals surface area contributed by atoms with Crippen LogP contribution in [0.4, 0.5) is 0 Å². The number of halogens is 2. The van der Waals surface area contributed by atoms with Gasteiger partial charge in [0.15, 0.2) is 0 Å². The Morgan fingerprint density at radius 2 is 1.64 bits per heavy atom. The van der Waals surface area contributed by atoms with Crippen LogP contribution in [0.25, 0.3) is 0 Å². The number of hydrogen-bond donors (Lipinski definition) is 2. The lowest BCUT2D eigenvalue weighted by Crippen LogP contribution is -2.45. The first kappa shape index (κ1) is 20.0. The molecule has 3 fully saturated rings. The molecule has 6 heteroatoms. The lowest BCUT2D eigenvalue weighted by molar-refractivity contribution is -0.122. The van der Waals surface area contributed by atoms with E-state index in [4.69, 9.17) is 0 Å². The molecule has 2 aliphatic heterocycles. The van der Waals surface area contributed by atoms with Crippen LogP contribution >= 0.6 is 24.8 Å². The van der Waals surface area contributed by atoms with Crippen molar-refractivity contribution >= 4 is 30.7 Å². The van der Waals surface area contributed by atoms with E-state index in [0.29, 0.717) is 6.04 Å². The Bertz CT molecular complexity index is 325. The lowest BCUT2D eigenvalue weighted by Gasteiger charge is -2.32. The lowest BCUT2D eigenvalue weighted by atomic mass is 9.93. The number of carbonyl (C=O) groups excluding carboxylic acids is 1. The minimum atomic E-state index is 0. The van der Waals surface area contributed by atoms with Crippen molar-refractivity contribution in [3.8, 4) is 0 Å². The van der Waals surface area contributed by atoms with E-state index in [2.05, 4.69) is 15.5 Å². The molecule has 0 bridgehead atoms. The van der Waals surface area contributed by atoms with E-state index in [1.165, 1.54) is 38.8 Å². The maximum Gasteiger partial charge on any atom is 0.220 e. The SMILES string of the molecule is Cl.Cl.O=C(CCC1CCNCC1)NC1CCN(C2CC2)CC1. The molecule has 0 aromatic rings. The summed E-state index contributed by atoms with van der Waals surface area (Å²) in [7, 11) is 0. The first-order chi connectivity index (χ1) is 9.81. The number of nitrogens with one attached hydrogen (secondary N) is 2. The van der Waals surface area contributed by atoms with E-state index < -0.39 is 0 Å². The highest BCUT2D eigenvalue weighted by molar-refractivity contribution is 5.85. The first-order valence-electron chi connectivity index (χ1n) is 8.55. The Morgan fingerprint density at radius 3 is 2.23 bits per heavy atom. The summed E-state index contributed by atoms with van der Waals surface area (Å²) in [5.41, 5.74) is 0. The first-order valence-corrected chi connectivity index (χ1v) is 8.55. The summed E-state index contributed by atoms with van der Waals surface area (Å²) in [4.78, 5) is 14.7. The Balaban J connectivity index is 0.00000121. The van der Waals surface area contributed by atoms with Gasteiger partial charge in [-0.2, -0.15) is 0 Å². The van der Waals surface area contributed by atoms with Gasteiger partial charge < -0.3 is 15.5 Å². The minimum absolute atomic E-state index is 0. The summed E-state index contributed by atoms with van der Waals surface area (Å²) >= 11 is 0. The highest BCUT2D eigenvalue weighted by Crippen LogP contribution is 2.29. The largest absolute Gasteiger partial charge is 0.353 e. The van der Waals surface area contributed by atoms with Crippen LogP contribution < -0.4 is 10.6 Å². The topological polar surface area (TPSA) is 44.4 Å². The summed E-state index contributed by atoms with van der Waals surface area (Å²) in [6.45, 7) is 4.63. The number of likely N-dealkylation sites (tertiary alicyclic amines) is 1. The van der Waals surface area contributed by atoms with Crippen molar-refractivity contribution in [3.05, 3.63) is 0 Å². The van der Waals surface area contributed by atoms with Crippen LogP contribution in [0.1, 0.15) is 51.4 Å². The molecule has 0 aromatic carbocycles. The van der Waals surface area contributed by atoms with E-state index in [1.807, 2.05) is 0 Å². The van der Waals surface area contributed by atoms with Gasteiger partial charge in [0.25, 0.3) is 0 Å². The van der Waals surface area contributed by atoms with Gasteiger partial charge >= 0.3 is 0 Å². The highest BCUT2D eigenvalue weighted by atomic mass is 35.5. The van der Waals surface area contributed by atoms with E-state index in [1.54, 1.807) is 0 Å². The zero-order valence-electron chi connectivity index (χ0n) is 13.4. The fourth-order valence-corrected chi connectivity index (χ4v) is 3.65. The molecule has 2 N–H and O–H groups in total. The predicted octanol–water partition coefficient (Wildman–Crippen LogP) is 2.35. The summed E-state index contributed by atoms with van der Waals surface area (Å²) in [6.07, 6.45) is 9.38. The maximum absolute atomic E-state index is 12.0. The second-order valence-corrected chi connectivity index (χ2v) is 6.84. The quantitative estimate of drug-likeness (QED) is 0.798. The minimum Gasteiger partial charge on any atom is -0.353 e. The summed E-state index contributed by atoms with van der Waals surface area (Å²) in [5.74, 6) is 1.05.